The van der Waals surface area contributed by atoms with Gasteiger partial charge in [0.05, 0.1) is 6.61 Å². The first-order chi connectivity index (χ1) is 10.0. The molecule has 0 aliphatic heterocycles. The molecule has 0 saturated carbocycles. The molecule has 0 aliphatic carbocycles. The van der Waals surface area contributed by atoms with Crippen molar-refractivity contribution in [3.05, 3.63) is 35.5 Å². The highest BCUT2D eigenvalue weighted by Gasteiger charge is 2.12. The van der Waals surface area contributed by atoms with E-state index >= 15 is 0 Å². The van der Waals surface area contributed by atoms with E-state index in [1.807, 2.05) is 13.0 Å². The quantitative estimate of drug-likeness (QED) is 0.417. The number of hydrogen-bond donors (Lipinski definition) is 3. The summed E-state index contributed by atoms with van der Waals surface area (Å²) < 4.78 is 0. The van der Waals surface area contributed by atoms with Gasteiger partial charge in [-0.05, 0) is 37.6 Å². The standard InChI is InChI=1S/C15H19N3O3/c1-3-18(6-7-19)10-12(9-16)15(21)17-14-5-4-13(20)8-11(14)2/h4-5,8,10,19-20H,3,6-7H2,1-2H3,(H,17,21)/b12-10-. The van der Waals surface area contributed by atoms with Crippen LogP contribution in [0.5, 0.6) is 5.75 Å². The molecule has 112 valence electrons. The zero-order valence-corrected chi connectivity index (χ0v) is 12.1. The van der Waals surface area contributed by atoms with Gasteiger partial charge in [-0.15, -0.1) is 0 Å². The van der Waals surface area contributed by atoms with Gasteiger partial charge in [0.2, 0.25) is 0 Å². The van der Waals surface area contributed by atoms with E-state index < -0.39 is 5.91 Å². The summed E-state index contributed by atoms with van der Waals surface area (Å²) in [6.45, 7) is 4.49. The first-order valence-electron chi connectivity index (χ1n) is 6.59. The van der Waals surface area contributed by atoms with Gasteiger partial charge in [-0.2, -0.15) is 5.26 Å². The second-order valence-corrected chi connectivity index (χ2v) is 4.46. The molecule has 0 spiro atoms. The average molecular weight is 289 g/mol. The van der Waals surface area contributed by atoms with E-state index in [9.17, 15) is 9.90 Å². The topological polar surface area (TPSA) is 96.6 Å². The first-order valence-corrected chi connectivity index (χ1v) is 6.59. The Morgan fingerprint density at radius 2 is 2.24 bits per heavy atom. The maximum Gasteiger partial charge on any atom is 0.267 e. The number of rotatable bonds is 6. The first kappa shape index (κ1) is 16.5. The Morgan fingerprint density at radius 3 is 2.76 bits per heavy atom. The number of phenolic OH excluding ortho intramolecular Hbond substituents is 1. The van der Waals surface area contributed by atoms with Gasteiger partial charge in [-0.3, -0.25) is 4.79 Å². The van der Waals surface area contributed by atoms with Crippen molar-refractivity contribution in [3.8, 4) is 11.8 Å². The number of aromatic hydroxyl groups is 1. The number of nitriles is 1. The Morgan fingerprint density at radius 1 is 1.52 bits per heavy atom. The zero-order valence-electron chi connectivity index (χ0n) is 12.1. The third-order valence-corrected chi connectivity index (χ3v) is 2.93. The summed E-state index contributed by atoms with van der Waals surface area (Å²) in [7, 11) is 0. The maximum atomic E-state index is 12.1. The lowest BCUT2D eigenvalue weighted by atomic mass is 10.2. The lowest BCUT2D eigenvalue weighted by Gasteiger charge is -2.17. The average Bonchev–Trinajstić information content (AvgIpc) is 2.46. The van der Waals surface area contributed by atoms with E-state index in [0.717, 1.165) is 0 Å². The lowest BCUT2D eigenvalue weighted by Crippen LogP contribution is -2.24. The Balaban J connectivity index is 2.89. The lowest BCUT2D eigenvalue weighted by molar-refractivity contribution is -0.112. The van der Waals surface area contributed by atoms with Gasteiger partial charge in [-0.25, -0.2) is 0 Å². The van der Waals surface area contributed by atoms with Crippen LogP contribution in [-0.4, -0.2) is 40.7 Å². The van der Waals surface area contributed by atoms with Crippen molar-refractivity contribution >= 4 is 11.6 Å². The molecule has 0 aliphatic rings. The number of likely N-dealkylation sites (N-methyl/N-ethyl adjacent to an activating group) is 1. The van der Waals surface area contributed by atoms with Crippen LogP contribution in [0.3, 0.4) is 0 Å². The van der Waals surface area contributed by atoms with E-state index in [-0.39, 0.29) is 17.9 Å². The van der Waals surface area contributed by atoms with Crippen molar-refractivity contribution < 1.29 is 15.0 Å². The van der Waals surface area contributed by atoms with Crippen molar-refractivity contribution in [3.63, 3.8) is 0 Å². The minimum absolute atomic E-state index is 0.0437. The third-order valence-electron chi connectivity index (χ3n) is 2.93. The molecule has 0 radical (unpaired) electrons. The fourth-order valence-corrected chi connectivity index (χ4v) is 1.74. The van der Waals surface area contributed by atoms with Gasteiger partial charge in [0.15, 0.2) is 0 Å². The number of aliphatic hydroxyl groups is 1. The molecule has 1 aromatic carbocycles. The minimum Gasteiger partial charge on any atom is -0.508 e. The summed E-state index contributed by atoms with van der Waals surface area (Å²) in [5, 5.41) is 30.0. The van der Waals surface area contributed by atoms with Crippen LogP contribution in [0.4, 0.5) is 5.69 Å². The molecular formula is C15H19N3O3. The van der Waals surface area contributed by atoms with Gasteiger partial charge >= 0.3 is 0 Å². The van der Waals surface area contributed by atoms with Crippen LogP contribution >= 0.6 is 0 Å². The van der Waals surface area contributed by atoms with Gasteiger partial charge in [0, 0.05) is 25.0 Å². The van der Waals surface area contributed by atoms with Crippen LogP contribution < -0.4 is 5.32 Å². The number of nitrogens with one attached hydrogen (secondary N) is 1. The van der Waals surface area contributed by atoms with Crippen molar-refractivity contribution in [1.29, 1.82) is 5.26 Å². The summed E-state index contributed by atoms with van der Waals surface area (Å²) in [6.07, 6.45) is 1.43. The fraction of sp³-hybridized carbons (Fsp3) is 0.333. The van der Waals surface area contributed by atoms with Crippen LogP contribution in [0.2, 0.25) is 0 Å². The largest absolute Gasteiger partial charge is 0.508 e. The highest BCUT2D eigenvalue weighted by atomic mass is 16.3. The molecule has 3 N–H and O–H groups in total. The van der Waals surface area contributed by atoms with E-state index in [1.165, 1.54) is 18.3 Å². The molecule has 0 atom stereocenters. The predicted molar refractivity (Wildman–Crippen MR) is 79.5 cm³/mol. The van der Waals surface area contributed by atoms with Crippen LogP contribution in [0.25, 0.3) is 0 Å². The Labute approximate surface area is 123 Å². The Bertz CT molecular complexity index is 576. The molecule has 1 rings (SSSR count). The second-order valence-electron chi connectivity index (χ2n) is 4.46. The van der Waals surface area contributed by atoms with E-state index in [0.29, 0.717) is 24.3 Å². The van der Waals surface area contributed by atoms with Crippen LogP contribution in [0.15, 0.2) is 30.0 Å². The summed E-state index contributed by atoms with van der Waals surface area (Å²) in [5.74, 6) is -0.413. The number of carbonyl (C=O) groups excluding carboxylic acids is 1. The molecule has 6 heteroatoms. The van der Waals surface area contributed by atoms with E-state index in [1.54, 1.807) is 17.9 Å². The van der Waals surface area contributed by atoms with Crippen molar-refractivity contribution in [2.24, 2.45) is 0 Å². The Hall–Kier alpha value is -2.52. The van der Waals surface area contributed by atoms with Crippen molar-refractivity contribution in [2.45, 2.75) is 13.8 Å². The molecule has 6 nitrogen and oxygen atoms in total. The van der Waals surface area contributed by atoms with Gasteiger partial charge in [-0.1, -0.05) is 0 Å². The molecule has 21 heavy (non-hydrogen) atoms. The van der Waals surface area contributed by atoms with Crippen LogP contribution in [0, 0.1) is 18.3 Å². The number of anilines is 1. The number of nitrogens with zero attached hydrogens (tertiary/aromatic N) is 2. The molecule has 0 saturated heterocycles. The van der Waals surface area contributed by atoms with Crippen LogP contribution in [-0.2, 0) is 4.79 Å². The van der Waals surface area contributed by atoms with Gasteiger partial charge in [0.1, 0.15) is 17.4 Å². The molecular weight excluding hydrogens is 270 g/mol. The highest BCUT2D eigenvalue weighted by molar-refractivity contribution is 6.06. The van der Waals surface area contributed by atoms with Crippen molar-refractivity contribution in [2.75, 3.05) is 25.0 Å². The monoisotopic (exact) mass is 289 g/mol. The summed E-state index contributed by atoms with van der Waals surface area (Å²) in [5.41, 5.74) is 1.19. The molecule has 0 unspecified atom stereocenters. The smallest absolute Gasteiger partial charge is 0.267 e. The second kappa shape index (κ2) is 7.92. The maximum absolute atomic E-state index is 12.1. The number of phenols is 1. The SMILES string of the molecule is CCN(/C=C(/C#N)C(=O)Nc1ccc(O)cc1C)CCO. The molecule has 1 amide bonds. The number of carbonyl (C=O) groups is 1. The van der Waals surface area contributed by atoms with Crippen molar-refractivity contribution in [1.82, 2.24) is 4.90 Å². The molecule has 1 aromatic rings. The minimum atomic E-state index is -0.525. The van der Waals surface area contributed by atoms with Gasteiger partial charge < -0.3 is 20.4 Å². The van der Waals surface area contributed by atoms with Gasteiger partial charge in [0.25, 0.3) is 5.91 Å². The third kappa shape index (κ3) is 4.82. The molecule has 0 heterocycles. The van der Waals surface area contributed by atoms with E-state index in [2.05, 4.69) is 5.32 Å². The van der Waals surface area contributed by atoms with Crippen LogP contribution in [0.1, 0.15) is 12.5 Å². The number of aryl methyl sites for hydroxylation is 1. The Kier molecular flexibility index (Phi) is 6.24. The zero-order chi connectivity index (χ0) is 15.8. The normalized spacial score (nSPS) is 10.9. The number of aliphatic hydroxyl groups excluding tert-OH is 1. The predicted octanol–water partition coefficient (Wildman–Crippen LogP) is 1.36. The number of amides is 1. The highest BCUT2D eigenvalue weighted by Crippen LogP contribution is 2.20. The molecule has 0 fully saturated rings. The fourth-order valence-electron chi connectivity index (χ4n) is 1.74. The molecule has 0 bridgehead atoms. The molecule has 0 aromatic heterocycles. The summed E-state index contributed by atoms with van der Waals surface area (Å²) >= 11 is 0. The summed E-state index contributed by atoms with van der Waals surface area (Å²) in [4.78, 5) is 13.8. The summed E-state index contributed by atoms with van der Waals surface area (Å²) in [6, 6.07) is 6.41. The number of hydrogen-bond acceptors (Lipinski definition) is 5. The van der Waals surface area contributed by atoms with E-state index in [4.69, 9.17) is 10.4 Å². The number of benzene rings is 1.